The summed E-state index contributed by atoms with van der Waals surface area (Å²) < 4.78 is 16.1. The van der Waals surface area contributed by atoms with Gasteiger partial charge >= 0.3 is 5.69 Å². The Bertz CT molecular complexity index is 1310. The summed E-state index contributed by atoms with van der Waals surface area (Å²) in [5, 5.41) is 7.43. The minimum atomic E-state index is -0.482. The molecule has 152 valence electrons. The van der Waals surface area contributed by atoms with Crippen molar-refractivity contribution in [2.75, 3.05) is 5.32 Å². The molecule has 0 bridgehead atoms. The molecule has 0 saturated heterocycles. The van der Waals surface area contributed by atoms with Gasteiger partial charge < -0.3 is 5.32 Å². The minimum absolute atomic E-state index is 0.301. The van der Waals surface area contributed by atoms with Crippen LogP contribution in [0.3, 0.4) is 0 Å². The van der Waals surface area contributed by atoms with Gasteiger partial charge in [-0.3, -0.25) is 4.79 Å². The van der Waals surface area contributed by atoms with Crippen LogP contribution in [0.25, 0.3) is 5.65 Å². The molecular weight excluding hydrogens is 405 g/mol. The predicted octanol–water partition coefficient (Wildman–Crippen LogP) is 3.44. The topological polar surface area (TPSA) is 81.3 Å². The number of nitrogens with one attached hydrogen (secondary N) is 1. The zero-order valence-electron chi connectivity index (χ0n) is 16.3. The van der Waals surface area contributed by atoms with E-state index in [4.69, 9.17) is 0 Å². The van der Waals surface area contributed by atoms with Crippen molar-refractivity contribution in [1.82, 2.24) is 19.2 Å². The highest BCUT2D eigenvalue weighted by Gasteiger charge is 2.15. The lowest BCUT2D eigenvalue weighted by molar-refractivity contribution is -0.117. The first-order valence-corrected chi connectivity index (χ1v) is 9.97. The van der Waals surface area contributed by atoms with Crippen molar-refractivity contribution >= 4 is 29.0 Å². The highest BCUT2D eigenvalue weighted by Crippen LogP contribution is 2.28. The average Bonchev–Trinajstić information content (AvgIpc) is 3.01. The molecule has 2 heterocycles. The van der Waals surface area contributed by atoms with Gasteiger partial charge in [0, 0.05) is 23.0 Å². The Morgan fingerprint density at radius 3 is 2.80 bits per heavy atom. The van der Waals surface area contributed by atoms with E-state index in [-0.39, 0.29) is 6.54 Å². The molecule has 0 fully saturated rings. The summed E-state index contributed by atoms with van der Waals surface area (Å²) in [5.41, 5.74) is 1.82. The first kappa shape index (κ1) is 19.8. The third-order valence-corrected chi connectivity index (χ3v) is 5.39. The van der Waals surface area contributed by atoms with Crippen molar-refractivity contribution in [3.63, 3.8) is 0 Å². The largest absolute Gasteiger partial charge is 0.350 e. The van der Waals surface area contributed by atoms with Gasteiger partial charge in [0.15, 0.2) is 5.65 Å². The van der Waals surface area contributed by atoms with Crippen LogP contribution >= 0.6 is 11.8 Å². The van der Waals surface area contributed by atoms with Crippen LogP contribution < -0.4 is 11.0 Å². The van der Waals surface area contributed by atoms with Crippen LogP contribution in [0.2, 0.25) is 0 Å². The molecule has 2 aromatic heterocycles. The van der Waals surface area contributed by atoms with Gasteiger partial charge in [-0.1, -0.05) is 35.5 Å². The summed E-state index contributed by atoms with van der Waals surface area (Å²) in [6, 6.07) is 12.3. The minimum Gasteiger partial charge on any atom is -0.324 e. The van der Waals surface area contributed by atoms with Crippen LogP contribution in [-0.4, -0.2) is 25.1 Å². The van der Waals surface area contributed by atoms with Crippen molar-refractivity contribution in [2.45, 2.75) is 30.3 Å². The fraction of sp³-hybridized carbons (Fsp3) is 0.143. The SMILES string of the molecule is Cc1cccc(Sc2nccn3c(=O)n(CC(=O)Nc4ccc(C)c(F)c4)nc23)c1. The first-order valence-electron chi connectivity index (χ1n) is 9.15. The number of aromatic nitrogens is 4. The lowest BCUT2D eigenvalue weighted by Crippen LogP contribution is -2.28. The van der Waals surface area contributed by atoms with E-state index in [2.05, 4.69) is 15.4 Å². The lowest BCUT2D eigenvalue weighted by atomic mass is 10.2. The molecule has 0 aliphatic heterocycles. The number of nitrogens with zero attached hydrogens (tertiary/aromatic N) is 4. The first-order chi connectivity index (χ1) is 14.4. The lowest BCUT2D eigenvalue weighted by Gasteiger charge is -2.05. The van der Waals surface area contributed by atoms with Crippen molar-refractivity contribution < 1.29 is 9.18 Å². The number of hydrogen-bond donors (Lipinski definition) is 1. The van der Waals surface area contributed by atoms with E-state index in [9.17, 15) is 14.0 Å². The second-order valence-electron chi connectivity index (χ2n) is 6.80. The van der Waals surface area contributed by atoms with Crippen molar-refractivity contribution in [2.24, 2.45) is 0 Å². The molecule has 0 aliphatic rings. The Morgan fingerprint density at radius 1 is 1.20 bits per heavy atom. The number of carbonyl (C=O) groups is 1. The molecule has 0 atom stereocenters. The molecule has 9 heteroatoms. The Kier molecular flexibility index (Phi) is 5.37. The Morgan fingerprint density at radius 2 is 2.03 bits per heavy atom. The van der Waals surface area contributed by atoms with E-state index >= 15 is 0 Å². The zero-order chi connectivity index (χ0) is 21.3. The van der Waals surface area contributed by atoms with E-state index < -0.39 is 17.4 Å². The number of amides is 1. The number of carbonyl (C=O) groups excluding carboxylic acids is 1. The second-order valence-corrected chi connectivity index (χ2v) is 7.86. The molecule has 4 aromatic rings. The number of fused-ring (bicyclic) bond motifs is 1. The van der Waals surface area contributed by atoms with E-state index in [1.807, 2.05) is 31.2 Å². The monoisotopic (exact) mass is 423 g/mol. The van der Waals surface area contributed by atoms with Gasteiger partial charge in [-0.2, -0.15) is 0 Å². The fourth-order valence-electron chi connectivity index (χ4n) is 2.90. The Balaban J connectivity index is 1.59. The molecule has 0 saturated carbocycles. The summed E-state index contributed by atoms with van der Waals surface area (Å²) in [7, 11) is 0. The molecule has 2 aromatic carbocycles. The van der Waals surface area contributed by atoms with E-state index in [1.165, 1.54) is 34.6 Å². The normalized spacial score (nSPS) is 11.0. The maximum absolute atomic E-state index is 13.7. The van der Waals surface area contributed by atoms with Gasteiger partial charge in [-0.25, -0.2) is 23.3 Å². The van der Waals surface area contributed by atoms with E-state index in [0.29, 0.717) is 21.9 Å². The maximum Gasteiger partial charge on any atom is 0.350 e. The number of anilines is 1. The highest BCUT2D eigenvalue weighted by molar-refractivity contribution is 7.99. The van der Waals surface area contributed by atoms with Gasteiger partial charge in [0.1, 0.15) is 17.4 Å². The number of aryl methyl sites for hydroxylation is 2. The van der Waals surface area contributed by atoms with E-state index in [1.54, 1.807) is 19.1 Å². The van der Waals surface area contributed by atoms with Crippen molar-refractivity contribution in [3.05, 3.63) is 82.3 Å². The molecule has 7 nitrogen and oxygen atoms in total. The molecule has 0 spiro atoms. The summed E-state index contributed by atoms with van der Waals surface area (Å²) in [5.74, 6) is -0.897. The molecule has 4 rings (SSSR count). The number of rotatable bonds is 5. The summed E-state index contributed by atoms with van der Waals surface area (Å²) >= 11 is 1.39. The average molecular weight is 423 g/mol. The van der Waals surface area contributed by atoms with Gasteiger partial charge in [-0.15, -0.1) is 5.10 Å². The molecule has 0 aliphatic carbocycles. The van der Waals surface area contributed by atoms with Crippen LogP contribution in [0.15, 0.2) is 69.6 Å². The highest BCUT2D eigenvalue weighted by atomic mass is 32.2. The standard InChI is InChI=1S/C21H18FN5O2S/c1-13-4-3-5-16(10-13)30-20-19-25-27(21(29)26(19)9-8-23-20)12-18(28)24-15-7-6-14(2)17(22)11-15/h3-11H,12H2,1-2H3,(H,24,28). The van der Waals surface area contributed by atoms with Crippen molar-refractivity contribution in [3.8, 4) is 0 Å². The number of hydrogen-bond acceptors (Lipinski definition) is 5. The predicted molar refractivity (Wildman–Crippen MR) is 112 cm³/mol. The van der Waals surface area contributed by atoms with Crippen LogP contribution in [-0.2, 0) is 11.3 Å². The molecule has 1 amide bonds. The van der Waals surface area contributed by atoms with Crippen molar-refractivity contribution in [1.29, 1.82) is 0 Å². The second kappa shape index (κ2) is 8.11. The Labute approximate surface area is 175 Å². The third-order valence-electron chi connectivity index (χ3n) is 4.42. The molecule has 30 heavy (non-hydrogen) atoms. The number of benzene rings is 2. The van der Waals surface area contributed by atoms with Gasteiger partial charge in [-0.05, 0) is 43.7 Å². The Hall–Kier alpha value is -3.46. The van der Waals surface area contributed by atoms with Crippen LogP contribution in [0.4, 0.5) is 10.1 Å². The maximum atomic E-state index is 13.7. The molecule has 0 radical (unpaired) electrons. The fourth-order valence-corrected chi connectivity index (χ4v) is 3.86. The number of halogens is 1. The van der Waals surface area contributed by atoms with Crippen LogP contribution in [0, 0.1) is 19.7 Å². The van der Waals surface area contributed by atoms with Gasteiger partial charge in [0.05, 0.1) is 0 Å². The molecule has 0 unspecified atom stereocenters. The van der Waals surface area contributed by atoms with Crippen LogP contribution in [0.5, 0.6) is 0 Å². The summed E-state index contributed by atoms with van der Waals surface area (Å²) in [6.07, 6.45) is 3.03. The third kappa shape index (κ3) is 4.11. The smallest absolute Gasteiger partial charge is 0.324 e. The van der Waals surface area contributed by atoms with Gasteiger partial charge in [0.25, 0.3) is 0 Å². The zero-order valence-corrected chi connectivity index (χ0v) is 17.1. The van der Waals surface area contributed by atoms with E-state index in [0.717, 1.165) is 15.1 Å². The molecular formula is C21H18FN5O2S. The van der Waals surface area contributed by atoms with Gasteiger partial charge in [0.2, 0.25) is 5.91 Å². The quantitative estimate of drug-likeness (QED) is 0.532. The van der Waals surface area contributed by atoms with Crippen LogP contribution in [0.1, 0.15) is 11.1 Å². The summed E-state index contributed by atoms with van der Waals surface area (Å²) in [4.78, 5) is 30.3. The summed E-state index contributed by atoms with van der Waals surface area (Å²) in [6.45, 7) is 3.33. The molecule has 1 N–H and O–H groups in total.